The molecule has 19 heavy (non-hydrogen) atoms. The minimum atomic E-state index is -0.231. The number of aromatic amines is 1. The van der Waals surface area contributed by atoms with E-state index in [1.54, 1.807) is 6.07 Å². The Hall–Kier alpha value is -1.58. The van der Waals surface area contributed by atoms with E-state index >= 15 is 0 Å². The van der Waals surface area contributed by atoms with Gasteiger partial charge < -0.3 is 10.3 Å². The fourth-order valence-electron chi connectivity index (χ4n) is 2.87. The van der Waals surface area contributed by atoms with Crippen molar-refractivity contribution in [3.8, 4) is 0 Å². The fraction of sp³-hybridized carbons (Fsp3) is 0.533. The maximum absolute atomic E-state index is 13.1. The molecule has 4 heteroatoms. The first kappa shape index (κ1) is 12.5. The van der Waals surface area contributed by atoms with Crippen molar-refractivity contribution in [3.63, 3.8) is 0 Å². The summed E-state index contributed by atoms with van der Waals surface area (Å²) < 4.78 is 13.1. The summed E-state index contributed by atoms with van der Waals surface area (Å²) in [7, 11) is 0. The predicted octanol–water partition coefficient (Wildman–Crippen LogP) is 4.08. The van der Waals surface area contributed by atoms with Crippen molar-refractivity contribution in [3.05, 3.63) is 24.0 Å². The van der Waals surface area contributed by atoms with Crippen molar-refractivity contribution in [2.24, 2.45) is 5.92 Å². The van der Waals surface area contributed by atoms with Crippen LogP contribution in [0.2, 0.25) is 0 Å². The summed E-state index contributed by atoms with van der Waals surface area (Å²) >= 11 is 0. The van der Waals surface area contributed by atoms with Crippen LogP contribution in [0.4, 0.5) is 10.3 Å². The third-order valence-electron chi connectivity index (χ3n) is 4.04. The quantitative estimate of drug-likeness (QED) is 0.800. The molecule has 1 fully saturated rings. The van der Waals surface area contributed by atoms with Crippen molar-refractivity contribution in [2.75, 3.05) is 5.32 Å². The van der Waals surface area contributed by atoms with Crippen molar-refractivity contribution < 1.29 is 4.39 Å². The molecule has 0 spiro atoms. The zero-order valence-corrected chi connectivity index (χ0v) is 11.2. The van der Waals surface area contributed by atoms with Crippen LogP contribution in [0, 0.1) is 11.7 Å². The number of halogens is 1. The van der Waals surface area contributed by atoms with Crippen LogP contribution in [-0.2, 0) is 0 Å². The second-order valence-electron chi connectivity index (χ2n) is 5.70. The molecule has 1 aliphatic carbocycles. The molecule has 3 rings (SSSR count). The number of rotatable bonds is 2. The Labute approximate surface area is 112 Å². The van der Waals surface area contributed by atoms with Crippen LogP contribution < -0.4 is 5.32 Å². The summed E-state index contributed by atoms with van der Waals surface area (Å²) in [5.74, 6) is 1.36. The largest absolute Gasteiger partial charge is 0.353 e. The zero-order valence-electron chi connectivity index (χ0n) is 11.2. The second kappa shape index (κ2) is 5.19. The van der Waals surface area contributed by atoms with Gasteiger partial charge >= 0.3 is 0 Å². The number of anilines is 1. The van der Waals surface area contributed by atoms with Crippen molar-refractivity contribution in [1.82, 2.24) is 9.97 Å². The molecule has 0 amide bonds. The van der Waals surface area contributed by atoms with Gasteiger partial charge in [0.1, 0.15) is 5.82 Å². The summed E-state index contributed by atoms with van der Waals surface area (Å²) in [5.41, 5.74) is 1.57. The smallest absolute Gasteiger partial charge is 0.201 e. The number of nitrogens with one attached hydrogen (secondary N) is 2. The number of imidazole rings is 1. The molecular weight excluding hydrogens is 241 g/mol. The Bertz CT molecular complexity index is 564. The van der Waals surface area contributed by atoms with Crippen LogP contribution in [0.15, 0.2) is 18.2 Å². The number of benzene rings is 1. The summed E-state index contributed by atoms with van der Waals surface area (Å²) in [6.07, 6.45) is 6.24. The maximum Gasteiger partial charge on any atom is 0.201 e. The van der Waals surface area contributed by atoms with Gasteiger partial charge in [-0.25, -0.2) is 9.37 Å². The first-order valence-corrected chi connectivity index (χ1v) is 7.12. The molecule has 0 radical (unpaired) electrons. The van der Waals surface area contributed by atoms with E-state index in [1.807, 2.05) is 0 Å². The average Bonchev–Trinajstić information content (AvgIpc) is 2.65. The van der Waals surface area contributed by atoms with Gasteiger partial charge in [0.25, 0.3) is 0 Å². The van der Waals surface area contributed by atoms with E-state index < -0.39 is 0 Å². The minimum absolute atomic E-state index is 0.231. The van der Waals surface area contributed by atoms with Gasteiger partial charge in [-0.3, -0.25) is 0 Å². The zero-order chi connectivity index (χ0) is 13.2. The standard InChI is InChI=1S/C15H20FN3/c1-10-3-2-4-12(7-5-10)17-15-18-13-8-6-11(16)9-14(13)19-15/h6,8-10,12H,2-5,7H2,1H3,(H2,17,18,19). The lowest BCUT2D eigenvalue weighted by atomic mass is 10.0. The lowest BCUT2D eigenvalue weighted by Gasteiger charge is -2.15. The van der Waals surface area contributed by atoms with Crippen molar-refractivity contribution in [1.29, 1.82) is 0 Å². The van der Waals surface area contributed by atoms with Gasteiger partial charge in [0, 0.05) is 6.04 Å². The maximum atomic E-state index is 13.1. The van der Waals surface area contributed by atoms with Gasteiger partial charge in [0.2, 0.25) is 5.95 Å². The van der Waals surface area contributed by atoms with Crippen LogP contribution in [-0.4, -0.2) is 16.0 Å². The summed E-state index contributed by atoms with van der Waals surface area (Å²) in [5, 5.41) is 3.46. The highest BCUT2D eigenvalue weighted by Crippen LogP contribution is 2.25. The molecule has 1 aromatic heterocycles. The van der Waals surface area contributed by atoms with Gasteiger partial charge in [-0.1, -0.05) is 19.8 Å². The minimum Gasteiger partial charge on any atom is -0.353 e. The lowest BCUT2D eigenvalue weighted by Crippen LogP contribution is -2.19. The second-order valence-corrected chi connectivity index (χ2v) is 5.70. The molecule has 1 aromatic carbocycles. The van der Waals surface area contributed by atoms with Crippen LogP contribution in [0.1, 0.15) is 39.0 Å². The molecule has 0 aliphatic heterocycles. The average molecular weight is 261 g/mol. The highest BCUT2D eigenvalue weighted by molar-refractivity contribution is 5.77. The topological polar surface area (TPSA) is 40.7 Å². The predicted molar refractivity (Wildman–Crippen MR) is 75.7 cm³/mol. The van der Waals surface area contributed by atoms with Crippen LogP contribution in [0.25, 0.3) is 11.0 Å². The van der Waals surface area contributed by atoms with E-state index in [-0.39, 0.29) is 5.82 Å². The number of H-pyrrole nitrogens is 1. The van der Waals surface area contributed by atoms with Gasteiger partial charge in [0.15, 0.2) is 0 Å². The van der Waals surface area contributed by atoms with Crippen molar-refractivity contribution >= 4 is 17.0 Å². The molecule has 2 unspecified atom stereocenters. The summed E-state index contributed by atoms with van der Waals surface area (Å²) in [6, 6.07) is 5.13. The number of aromatic nitrogens is 2. The molecule has 0 bridgehead atoms. The Morgan fingerprint density at radius 3 is 3.05 bits per heavy atom. The molecule has 0 saturated heterocycles. The van der Waals surface area contributed by atoms with E-state index in [9.17, 15) is 4.39 Å². The molecule has 2 atom stereocenters. The number of fused-ring (bicyclic) bond motifs is 1. The van der Waals surface area contributed by atoms with E-state index in [4.69, 9.17) is 0 Å². The van der Waals surface area contributed by atoms with E-state index in [0.29, 0.717) is 6.04 Å². The Balaban J connectivity index is 1.73. The third kappa shape index (κ3) is 2.88. The molecule has 2 aromatic rings. The Morgan fingerprint density at radius 1 is 1.26 bits per heavy atom. The molecule has 1 heterocycles. The monoisotopic (exact) mass is 261 g/mol. The number of nitrogens with zero attached hydrogens (tertiary/aromatic N) is 1. The van der Waals surface area contributed by atoms with E-state index in [0.717, 1.165) is 22.9 Å². The van der Waals surface area contributed by atoms with E-state index in [2.05, 4.69) is 22.2 Å². The van der Waals surface area contributed by atoms with Crippen LogP contribution in [0.5, 0.6) is 0 Å². The first-order chi connectivity index (χ1) is 9.20. The summed E-state index contributed by atoms with van der Waals surface area (Å²) in [4.78, 5) is 7.62. The Kier molecular flexibility index (Phi) is 3.40. The van der Waals surface area contributed by atoms with Gasteiger partial charge in [-0.15, -0.1) is 0 Å². The molecule has 3 nitrogen and oxygen atoms in total. The number of hydrogen-bond donors (Lipinski definition) is 2. The highest BCUT2D eigenvalue weighted by atomic mass is 19.1. The molecule has 2 N–H and O–H groups in total. The molecule has 102 valence electrons. The summed E-state index contributed by atoms with van der Waals surface area (Å²) in [6.45, 7) is 2.33. The Morgan fingerprint density at radius 2 is 2.16 bits per heavy atom. The van der Waals surface area contributed by atoms with Crippen LogP contribution in [0.3, 0.4) is 0 Å². The van der Waals surface area contributed by atoms with Crippen LogP contribution >= 0.6 is 0 Å². The SMILES string of the molecule is CC1CCCC(Nc2nc3ccc(F)cc3[nH]2)CC1. The van der Waals surface area contributed by atoms with Crippen molar-refractivity contribution in [2.45, 2.75) is 45.1 Å². The first-order valence-electron chi connectivity index (χ1n) is 7.12. The molecule has 1 saturated carbocycles. The molecular formula is C15H20FN3. The molecule has 1 aliphatic rings. The van der Waals surface area contributed by atoms with E-state index in [1.165, 1.54) is 44.2 Å². The van der Waals surface area contributed by atoms with Gasteiger partial charge in [-0.2, -0.15) is 0 Å². The third-order valence-corrected chi connectivity index (χ3v) is 4.04. The van der Waals surface area contributed by atoms with Gasteiger partial charge in [0.05, 0.1) is 11.0 Å². The highest BCUT2D eigenvalue weighted by Gasteiger charge is 2.17. The lowest BCUT2D eigenvalue weighted by molar-refractivity contribution is 0.501. The fourth-order valence-corrected chi connectivity index (χ4v) is 2.87. The normalized spacial score (nSPS) is 24.3. The number of hydrogen-bond acceptors (Lipinski definition) is 2. The van der Waals surface area contributed by atoms with Gasteiger partial charge in [-0.05, 0) is 43.4 Å².